The topological polar surface area (TPSA) is 110 Å². The molecule has 0 aliphatic rings. The zero-order valence-electron chi connectivity index (χ0n) is 13.1. The predicted molar refractivity (Wildman–Crippen MR) is 83.9 cm³/mol. The van der Waals surface area contributed by atoms with E-state index in [1.807, 2.05) is 0 Å². The van der Waals surface area contributed by atoms with Crippen molar-refractivity contribution in [2.75, 3.05) is 19.5 Å². The van der Waals surface area contributed by atoms with Crippen molar-refractivity contribution in [3.05, 3.63) is 29.8 Å². The van der Waals surface area contributed by atoms with Crippen molar-refractivity contribution in [1.82, 2.24) is 5.32 Å². The number of hydrogen-bond donors (Lipinski definition) is 2. The molecule has 0 heterocycles. The number of hydrogen-bond acceptors (Lipinski definition) is 5. The molecule has 1 atom stereocenters. The van der Waals surface area contributed by atoms with Crippen molar-refractivity contribution in [3.63, 3.8) is 0 Å². The lowest BCUT2D eigenvalue weighted by Gasteiger charge is -2.14. The number of aliphatic carboxylic acids is 1. The predicted octanol–water partition coefficient (Wildman–Crippen LogP) is 0.629. The van der Waals surface area contributed by atoms with Gasteiger partial charge in [-0.3, -0.25) is 4.79 Å². The van der Waals surface area contributed by atoms with Crippen LogP contribution < -0.4 is 5.32 Å². The Morgan fingerprint density at radius 1 is 1.35 bits per heavy atom. The first-order chi connectivity index (χ1) is 10.8. The Bertz CT molecular complexity index is 656. The molecule has 0 fully saturated rings. The fourth-order valence-electron chi connectivity index (χ4n) is 1.94. The molecule has 0 saturated heterocycles. The van der Waals surface area contributed by atoms with Crippen LogP contribution in [-0.4, -0.2) is 50.9 Å². The highest BCUT2D eigenvalue weighted by Crippen LogP contribution is 2.13. The summed E-state index contributed by atoms with van der Waals surface area (Å²) in [6.45, 7) is 1.75. The average Bonchev–Trinajstić information content (AvgIpc) is 2.51. The number of carbonyl (C=O) groups is 2. The molecule has 128 valence electrons. The third-order valence-electron chi connectivity index (χ3n) is 3.25. The number of carboxylic acids is 1. The van der Waals surface area contributed by atoms with Crippen LogP contribution in [0.3, 0.4) is 0 Å². The summed E-state index contributed by atoms with van der Waals surface area (Å²) in [7, 11) is -1.90. The molecule has 8 heteroatoms. The van der Waals surface area contributed by atoms with Gasteiger partial charge >= 0.3 is 5.97 Å². The van der Waals surface area contributed by atoms with E-state index in [2.05, 4.69) is 5.32 Å². The van der Waals surface area contributed by atoms with Gasteiger partial charge in [0.2, 0.25) is 5.91 Å². The van der Waals surface area contributed by atoms with Crippen molar-refractivity contribution in [1.29, 1.82) is 0 Å². The number of rotatable bonds is 9. The Balaban J connectivity index is 2.77. The Hall–Kier alpha value is -1.93. The molecule has 1 amide bonds. The van der Waals surface area contributed by atoms with Crippen LogP contribution in [0.25, 0.3) is 0 Å². The third kappa shape index (κ3) is 5.99. The first kappa shape index (κ1) is 19.1. The highest BCUT2D eigenvalue weighted by Gasteiger charge is 2.20. The second-order valence-electron chi connectivity index (χ2n) is 4.97. The van der Waals surface area contributed by atoms with Crippen LogP contribution in [0.15, 0.2) is 29.2 Å². The zero-order chi connectivity index (χ0) is 17.5. The van der Waals surface area contributed by atoms with Gasteiger partial charge in [-0.05, 0) is 17.7 Å². The van der Waals surface area contributed by atoms with E-state index in [9.17, 15) is 18.0 Å². The smallest absolute Gasteiger partial charge is 0.326 e. The molecule has 7 nitrogen and oxygen atoms in total. The van der Waals surface area contributed by atoms with Crippen molar-refractivity contribution >= 4 is 21.7 Å². The van der Waals surface area contributed by atoms with Crippen LogP contribution in [-0.2, 0) is 30.6 Å². The molecule has 0 saturated carbocycles. The lowest BCUT2D eigenvalue weighted by atomic mass is 10.1. The molecule has 1 aromatic carbocycles. The highest BCUT2D eigenvalue weighted by molar-refractivity contribution is 7.91. The number of amides is 1. The van der Waals surface area contributed by atoms with Crippen molar-refractivity contribution < 1.29 is 27.9 Å². The maximum Gasteiger partial charge on any atom is 0.326 e. The first-order valence-electron chi connectivity index (χ1n) is 7.13. The standard InChI is InChI=1S/C15H21NO6S/c1-3-23(20,21)12-6-4-5-11(9-12)10-14(17)16-13(15(18)19)7-8-22-2/h4-6,9,13H,3,7-8,10H2,1-2H3,(H,16,17)(H,18,19). The van der Waals surface area contributed by atoms with E-state index in [-0.39, 0.29) is 30.1 Å². The van der Waals surface area contributed by atoms with E-state index in [1.54, 1.807) is 19.1 Å². The minimum Gasteiger partial charge on any atom is -0.480 e. The van der Waals surface area contributed by atoms with Crippen LogP contribution in [0.2, 0.25) is 0 Å². The van der Waals surface area contributed by atoms with Gasteiger partial charge in [0.1, 0.15) is 6.04 Å². The minimum absolute atomic E-state index is 0.0270. The summed E-state index contributed by atoms with van der Waals surface area (Å²) in [6, 6.07) is 5.05. The summed E-state index contributed by atoms with van der Waals surface area (Å²) in [6.07, 6.45) is 0.0612. The molecule has 2 N–H and O–H groups in total. The summed E-state index contributed by atoms with van der Waals surface area (Å²) in [4.78, 5) is 23.2. The second kappa shape index (κ2) is 8.64. The number of methoxy groups -OCH3 is 1. The van der Waals surface area contributed by atoms with Crippen molar-refractivity contribution in [2.45, 2.75) is 30.7 Å². The van der Waals surface area contributed by atoms with E-state index in [0.29, 0.717) is 5.56 Å². The number of nitrogens with one attached hydrogen (secondary N) is 1. The van der Waals surface area contributed by atoms with E-state index < -0.39 is 27.8 Å². The molecular weight excluding hydrogens is 322 g/mol. The van der Waals surface area contributed by atoms with Gasteiger partial charge in [-0.1, -0.05) is 19.1 Å². The van der Waals surface area contributed by atoms with E-state index >= 15 is 0 Å². The minimum atomic E-state index is -3.35. The molecule has 23 heavy (non-hydrogen) atoms. The largest absolute Gasteiger partial charge is 0.480 e. The normalized spacial score (nSPS) is 12.6. The van der Waals surface area contributed by atoms with Crippen LogP contribution >= 0.6 is 0 Å². The van der Waals surface area contributed by atoms with Gasteiger partial charge in [0, 0.05) is 20.1 Å². The summed E-state index contributed by atoms with van der Waals surface area (Å²) in [5.74, 6) is -1.65. The lowest BCUT2D eigenvalue weighted by molar-refractivity contribution is -0.142. The molecular formula is C15H21NO6S. The SMILES string of the molecule is CCS(=O)(=O)c1cccc(CC(=O)NC(CCOC)C(=O)O)c1. The number of carbonyl (C=O) groups excluding carboxylic acids is 1. The van der Waals surface area contributed by atoms with Crippen molar-refractivity contribution in [2.24, 2.45) is 0 Å². The summed E-state index contributed by atoms with van der Waals surface area (Å²) < 4.78 is 28.5. The number of benzene rings is 1. The van der Waals surface area contributed by atoms with Gasteiger partial charge < -0.3 is 15.2 Å². The Morgan fingerprint density at radius 2 is 2.04 bits per heavy atom. The average molecular weight is 343 g/mol. The molecule has 0 aromatic heterocycles. The number of carboxylic acid groups (broad SMARTS) is 1. The molecule has 0 aliphatic heterocycles. The van der Waals surface area contributed by atoms with Crippen molar-refractivity contribution in [3.8, 4) is 0 Å². The lowest BCUT2D eigenvalue weighted by Crippen LogP contribution is -2.42. The Morgan fingerprint density at radius 3 is 2.61 bits per heavy atom. The van der Waals surface area contributed by atoms with Gasteiger partial charge in [-0.25, -0.2) is 13.2 Å². The van der Waals surface area contributed by atoms with Gasteiger partial charge in [-0.2, -0.15) is 0 Å². The third-order valence-corrected chi connectivity index (χ3v) is 4.98. The van der Waals surface area contributed by atoms with Crippen LogP contribution in [0.1, 0.15) is 18.9 Å². The van der Waals surface area contributed by atoms with Gasteiger partial charge in [-0.15, -0.1) is 0 Å². The maximum atomic E-state index is 12.0. The van der Waals surface area contributed by atoms with E-state index in [0.717, 1.165) is 0 Å². The fraction of sp³-hybridized carbons (Fsp3) is 0.467. The zero-order valence-corrected chi connectivity index (χ0v) is 13.9. The van der Waals surface area contributed by atoms with Gasteiger partial charge in [0.05, 0.1) is 17.1 Å². The van der Waals surface area contributed by atoms with E-state index in [1.165, 1.54) is 19.2 Å². The molecule has 0 radical (unpaired) electrons. The van der Waals surface area contributed by atoms with E-state index in [4.69, 9.17) is 9.84 Å². The number of sulfone groups is 1. The highest BCUT2D eigenvalue weighted by atomic mass is 32.2. The summed E-state index contributed by atoms with van der Waals surface area (Å²) in [5.41, 5.74) is 0.507. The molecule has 0 spiro atoms. The Labute approximate surface area is 135 Å². The quantitative estimate of drug-likeness (QED) is 0.680. The fourth-order valence-corrected chi connectivity index (χ4v) is 2.89. The molecule has 0 aliphatic carbocycles. The van der Waals surface area contributed by atoms with Gasteiger partial charge in [0.25, 0.3) is 0 Å². The van der Waals surface area contributed by atoms with Crippen LogP contribution in [0, 0.1) is 0 Å². The Kier molecular flexibility index (Phi) is 7.18. The van der Waals surface area contributed by atoms with Gasteiger partial charge in [0.15, 0.2) is 9.84 Å². The number of ether oxygens (including phenoxy) is 1. The summed E-state index contributed by atoms with van der Waals surface area (Å²) in [5, 5.41) is 11.5. The summed E-state index contributed by atoms with van der Waals surface area (Å²) >= 11 is 0. The molecule has 1 unspecified atom stereocenters. The first-order valence-corrected chi connectivity index (χ1v) is 8.78. The second-order valence-corrected chi connectivity index (χ2v) is 7.25. The maximum absolute atomic E-state index is 12.0. The van der Waals surface area contributed by atoms with Crippen LogP contribution in [0.5, 0.6) is 0 Å². The van der Waals surface area contributed by atoms with Crippen LogP contribution in [0.4, 0.5) is 0 Å². The molecule has 1 rings (SSSR count). The molecule has 1 aromatic rings. The monoisotopic (exact) mass is 343 g/mol. The molecule has 0 bridgehead atoms.